The van der Waals surface area contributed by atoms with Gasteiger partial charge in [-0.3, -0.25) is 0 Å². The smallest absolute Gasteiger partial charge is 0.0712 e. The van der Waals surface area contributed by atoms with Crippen LogP contribution >= 0.6 is 0 Å². The molecule has 1 fully saturated rings. The number of nitrogens with one attached hydrogen (secondary N) is 1. The van der Waals surface area contributed by atoms with Crippen molar-refractivity contribution in [2.45, 2.75) is 66.0 Å². The van der Waals surface area contributed by atoms with Gasteiger partial charge in [0, 0.05) is 12.6 Å². The molecule has 0 spiro atoms. The van der Waals surface area contributed by atoms with Crippen molar-refractivity contribution in [3.8, 4) is 0 Å². The van der Waals surface area contributed by atoms with Gasteiger partial charge in [0.2, 0.25) is 0 Å². The quantitative estimate of drug-likeness (QED) is 0.777. The van der Waals surface area contributed by atoms with Crippen molar-refractivity contribution < 1.29 is 5.11 Å². The van der Waals surface area contributed by atoms with E-state index in [1.165, 1.54) is 19.3 Å². The van der Waals surface area contributed by atoms with E-state index in [0.717, 1.165) is 18.4 Å². The first-order valence-electron chi connectivity index (χ1n) is 6.72. The first kappa shape index (κ1) is 14.0. The molecule has 0 aromatic heterocycles. The van der Waals surface area contributed by atoms with Gasteiger partial charge >= 0.3 is 0 Å². The Bertz CT molecular complexity index is 209. The van der Waals surface area contributed by atoms with Crippen LogP contribution in [0.1, 0.15) is 53.9 Å². The van der Waals surface area contributed by atoms with Crippen LogP contribution in [0.25, 0.3) is 0 Å². The molecule has 2 nitrogen and oxygen atoms in total. The van der Waals surface area contributed by atoms with Crippen LogP contribution in [0.3, 0.4) is 0 Å². The van der Waals surface area contributed by atoms with Crippen LogP contribution in [0, 0.1) is 17.3 Å². The van der Waals surface area contributed by atoms with Gasteiger partial charge in [-0.2, -0.15) is 0 Å². The van der Waals surface area contributed by atoms with Gasteiger partial charge in [-0.25, -0.2) is 0 Å². The Kier molecular flexibility index (Phi) is 4.81. The Hall–Kier alpha value is -0.0800. The van der Waals surface area contributed by atoms with Crippen LogP contribution in [-0.4, -0.2) is 23.8 Å². The van der Waals surface area contributed by atoms with Crippen molar-refractivity contribution in [2.24, 2.45) is 17.3 Å². The molecule has 1 rings (SSSR count). The van der Waals surface area contributed by atoms with Gasteiger partial charge in [-0.1, -0.05) is 34.6 Å². The predicted molar refractivity (Wildman–Crippen MR) is 69.4 cm³/mol. The zero-order valence-electron chi connectivity index (χ0n) is 11.6. The highest BCUT2D eigenvalue weighted by Gasteiger charge is 2.27. The van der Waals surface area contributed by atoms with E-state index in [9.17, 15) is 5.11 Å². The average Bonchev–Trinajstić information content (AvgIpc) is 2.14. The fourth-order valence-electron chi connectivity index (χ4n) is 2.54. The van der Waals surface area contributed by atoms with Crippen LogP contribution in [0.5, 0.6) is 0 Å². The van der Waals surface area contributed by atoms with Crippen molar-refractivity contribution >= 4 is 0 Å². The summed E-state index contributed by atoms with van der Waals surface area (Å²) in [5.74, 6) is 1.62. The van der Waals surface area contributed by atoms with Gasteiger partial charge in [-0.05, 0) is 36.5 Å². The number of hydrogen-bond acceptors (Lipinski definition) is 2. The van der Waals surface area contributed by atoms with Crippen molar-refractivity contribution in [3.05, 3.63) is 0 Å². The first-order chi connectivity index (χ1) is 7.30. The minimum Gasteiger partial charge on any atom is -0.391 e. The second-order valence-corrected chi connectivity index (χ2v) is 6.79. The summed E-state index contributed by atoms with van der Waals surface area (Å²) >= 11 is 0. The second kappa shape index (κ2) is 5.50. The summed E-state index contributed by atoms with van der Waals surface area (Å²) in [5.41, 5.74) is -0.0157. The zero-order chi connectivity index (χ0) is 12.3. The fraction of sp³-hybridized carbons (Fsp3) is 1.00. The van der Waals surface area contributed by atoms with E-state index in [2.05, 4.69) is 39.9 Å². The fourth-order valence-corrected chi connectivity index (χ4v) is 2.54. The molecule has 1 aliphatic rings. The molecule has 0 aromatic rings. The molecule has 4 unspecified atom stereocenters. The summed E-state index contributed by atoms with van der Waals surface area (Å²) in [6.45, 7) is 11.7. The third-order valence-corrected chi connectivity index (χ3v) is 4.00. The lowest BCUT2D eigenvalue weighted by molar-refractivity contribution is 0.0555. The van der Waals surface area contributed by atoms with E-state index >= 15 is 0 Å². The summed E-state index contributed by atoms with van der Waals surface area (Å²) in [6.07, 6.45) is 3.66. The number of hydrogen-bond donors (Lipinski definition) is 2. The van der Waals surface area contributed by atoms with Crippen molar-refractivity contribution in [1.82, 2.24) is 5.32 Å². The Morgan fingerprint density at radius 2 is 1.88 bits per heavy atom. The van der Waals surface area contributed by atoms with E-state index in [-0.39, 0.29) is 11.5 Å². The molecule has 0 heterocycles. The standard InChI is InChI=1S/C14H29NO/c1-10-6-7-12(11(2)8-10)15-9-13(16)14(3,4)5/h10-13,15-16H,6-9H2,1-5H3. The minimum atomic E-state index is -0.251. The molecule has 2 N–H and O–H groups in total. The lowest BCUT2D eigenvalue weighted by atomic mass is 9.79. The van der Waals surface area contributed by atoms with Crippen LogP contribution in [0.4, 0.5) is 0 Å². The Morgan fingerprint density at radius 3 is 2.38 bits per heavy atom. The maximum Gasteiger partial charge on any atom is 0.0712 e. The van der Waals surface area contributed by atoms with Gasteiger partial charge in [-0.15, -0.1) is 0 Å². The average molecular weight is 227 g/mol. The Labute approximate surface area is 101 Å². The maximum absolute atomic E-state index is 9.99. The predicted octanol–water partition coefficient (Wildman–Crippen LogP) is 2.81. The van der Waals surface area contributed by atoms with E-state index in [1.54, 1.807) is 0 Å². The molecule has 1 saturated carbocycles. The van der Waals surface area contributed by atoms with Crippen LogP contribution in [0.2, 0.25) is 0 Å². The Morgan fingerprint density at radius 1 is 1.25 bits per heavy atom. The monoisotopic (exact) mass is 227 g/mol. The van der Waals surface area contributed by atoms with Gasteiger partial charge in [0.1, 0.15) is 0 Å². The molecule has 4 atom stereocenters. The molecule has 16 heavy (non-hydrogen) atoms. The van der Waals surface area contributed by atoms with Crippen molar-refractivity contribution in [3.63, 3.8) is 0 Å². The largest absolute Gasteiger partial charge is 0.391 e. The minimum absolute atomic E-state index is 0.0157. The maximum atomic E-state index is 9.99. The molecule has 2 heteroatoms. The highest BCUT2D eigenvalue weighted by Crippen LogP contribution is 2.29. The summed E-state index contributed by atoms with van der Waals surface area (Å²) < 4.78 is 0. The van der Waals surface area contributed by atoms with E-state index < -0.39 is 0 Å². The molecule has 96 valence electrons. The summed E-state index contributed by atoms with van der Waals surface area (Å²) in [5, 5.41) is 13.5. The molecular weight excluding hydrogens is 198 g/mol. The van der Waals surface area contributed by atoms with E-state index in [4.69, 9.17) is 0 Å². The molecule has 0 radical (unpaired) electrons. The molecule has 0 amide bonds. The third-order valence-electron chi connectivity index (χ3n) is 4.00. The van der Waals surface area contributed by atoms with Crippen LogP contribution < -0.4 is 5.32 Å². The Balaban J connectivity index is 2.33. The summed E-state index contributed by atoms with van der Waals surface area (Å²) in [7, 11) is 0. The number of aliphatic hydroxyl groups excluding tert-OH is 1. The van der Waals surface area contributed by atoms with Gasteiger partial charge in [0.25, 0.3) is 0 Å². The van der Waals surface area contributed by atoms with Crippen molar-refractivity contribution in [2.75, 3.05) is 6.54 Å². The summed E-state index contributed by atoms with van der Waals surface area (Å²) in [6, 6.07) is 0.605. The lowest BCUT2D eigenvalue weighted by Crippen LogP contribution is -2.45. The highest BCUT2D eigenvalue weighted by atomic mass is 16.3. The summed E-state index contributed by atoms with van der Waals surface area (Å²) in [4.78, 5) is 0. The van der Waals surface area contributed by atoms with Crippen LogP contribution in [0.15, 0.2) is 0 Å². The van der Waals surface area contributed by atoms with Crippen molar-refractivity contribution in [1.29, 1.82) is 0 Å². The topological polar surface area (TPSA) is 32.3 Å². The molecule has 0 aliphatic heterocycles. The van der Waals surface area contributed by atoms with Crippen LogP contribution in [-0.2, 0) is 0 Å². The molecule has 0 aromatic carbocycles. The first-order valence-corrected chi connectivity index (χ1v) is 6.72. The lowest BCUT2D eigenvalue weighted by Gasteiger charge is -2.35. The number of aliphatic hydroxyl groups is 1. The number of rotatable bonds is 3. The van der Waals surface area contributed by atoms with E-state index in [0.29, 0.717) is 6.04 Å². The normalized spacial score (nSPS) is 33.8. The third kappa shape index (κ3) is 4.06. The van der Waals surface area contributed by atoms with Gasteiger partial charge in [0.05, 0.1) is 6.10 Å². The molecule has 1 aliphatic carbocycles. The zero-order valence-corrected chi connectivity index (χ0v) is 11.6. The molecular formula is C14H29NO. The second-order valence-electron chi connectivity index (χ2n) is 6.79. The van der Waals surface area contributed by atoms with Gasteiger partial charge < -0.3 is 10.4 Å². The van der Waals surface area contributed by atoms with E-state index in [1.807, 2.05) is 0 Å². The highest BCUT2D eigenvalue weighted by molar-refractivity contribution is 4.83. The molecule has 0 bridgehead atoms. The van der Waals surface area contributed by atoms with Gasteiger partial charge in [0.15, 0.2) is 0 Å². The molecule has 0 saturated heterocycles. The SMILES string of the molecule is CC1CCC(NCC(O)C(C)(C)C)C(C)C1.